The highest BCUT2D eigenvalue weighted by Crippen LogP contribution is 2.26. The van der Waals surface area contributed by atoms with Crippen molar-refractivity contribution in [3.8, 4) is 0 Å². The summed E-state index contributed by atoms with van der Waals surface area (Å²) in [5.74, 6) is 0. The van der Waals surface area contributed by atoms with E-state index < -0.39 is 18.1 Å². The summed E-state index contributed by atoms with van der Waals surface area (Å²) in [6, 6.07) is 0.142. The molecule has 1 heterocycles. The predicted molar refractivity (Wildman–Crippen MR) is 98.8 cm³/mol. The molecular weight excluding hydrogens is 412 g/mol. The van der Waals surface area contributed by atoms with E-state index in [2.05, 4.69) is 50.8 Å². The van der Waals surface area contributed by atoms with Crippen LogP contribution in [0.5, 0.6) is 0 Å². The van der Waals surface area contributed by atoms with Gasteiger partial charge in [-0.2, -0.15) is 0 Å². The van der Waals surface area contributed by atoms with E-state index in [-0.39, 0.29) is 12.3 Å². The van der Waals surface area contributed by atoms with Crippen molar-refractivity contribution in [2.75, 3.05) is 6.61 Å². The van der Waals surface area contributed by atoms with Gasteiger partial charge in [-0.15, -0.1) is 0 Å². The van der Waals surface area contributed by atoms with Gasteiger partial charge < -0.3 is 10.5 Å². The van der Waals surface area contributed by atoms with Crippen molar-refractivity contribution >= 4 is 22.6 Å². The molecule has 0 bridgehead atoms. The number of hydrogen-bond acceptors (Lipinski definition) is 6. The summed E-state index contributed by atoms with van der Waals surface area (Å²) in [6.07, 6.45) is 3.98. The number of halogens is 2. The summed E-state index contributed by atoms with van der Waals surface area (Å²) >= 11 is 2.51. The van der Waals surface area contributed by atoms with Gasteiger partial charge >= 0.3 is 0 Å². The maximum Gasteiger partial charge on any atom is 0.133 e. The van der Waals surface area contributed by atoms with Crippen molar-refractivity contribution in [3.05, 3.63) is 0 Å². The third-order valence-electron chi connectivity index (χ3n) is 4.31. The summed E-state index contributed by atoms with van der Waals surface area (Å²) < 4.78 is 20.9. The van der Waals surface area contributed by atoms with Crippen LogP contribution in [0, 0.1) is 0 Å². The van der Waals surface area contributed by atoms with Crippen molar-refractivity contribution in [3.63, 3.8) is 0 Å². The first kappa shape index (κ1) is 19.7. The highest BCUT2D eigenvalue weighted by Gasteiger charge is 2.36. The average Bonchev–Trinajstić information content (AvgIpc) is 2.44. The molecule has 0 aromatic heterocycles. The number of ether oxygens (including phenoxy) is 1. The standard InChI is InChI=1S/C15H31FIN5O/c1-9(8-23-11-6-4-5-10(17)7-11)19-14-21-12(15(2,3)16)20-13(18)22-14/h9-14,19-22H,4-8,18H2,1-3H3. The van der Waals surface area contributed by atoms with Crippen molar-refractivity contribution in [2.45, 2.75) is 86.9 Å². The molecule has 1 aliphatic carbocycles. The number of rotatable bonds is 6. The summed E-state index contributed by atoms with van der Waals surface area (Å²) in [7, 11) is 0. The Kier molecular flexibility index (Phi) is 7.45. The lowest BCUT2D eigenvalue weighted by atomic mass is 9.98. The Morgan fingerprint density at radius 3 is 2.74 bits per heavy atom. The van der Waals surface area contributed by atoms with E-state index in [1.807, 2.05) is 0 Å². The van der Waals surface area contributed by atoms with E-state index in [4.69, 9.17) is 10.5 Å². The summed E-state index contributed by atoms with van der Waals surface area (Å²) in [4.78, 5) is 0. The van der Waals surface area contributed by atoms with Gasteiger partial charge in [0.1, 0.15) is 18.2 Å². The van der Waals surface area contributed by atoms with Gasteiger partial charge in [-0.3, -0.25) is 21.3 Å². The maximum absolute atomic E-state index is 14.1. The van der Waals surface area contributed by atoms with E-state index >= 15 is 0 Å². The van der Waals surface area contributed by atoms with E-state index in [1.165, 1.54) is 26.7 Å². The first-order valence-corrected chi connectivity index (χ1v) is 9.73. The lowest BCUT2D eigenvalue weighted by molar-refractivity contribution is 0.0103. The molecule has 0 aromatic carbocycles. The van der Waals surface area contributed by atoms with Gasteiger partial charge in [-0.1, -0.05) is 22.6 Å². The second-order valence-electron chi connectivity index (χ2n) is 7.20. The number of hydrogen-bond donors (Lipinski definition) is 5. The molecule has 6 unspecified atom stereocenters. The quantitative estimate of drug-likeness (QED) is 0.313. The summed E-state index contributed by atoms with van der Waals surface area (Å²) in [5.41, 5.74) is 4.49. The largest absolute Gasteiger partial charge is 0.377 e. The first-order valence-electron chi connectivity index (χ1n) is 8.48. The summed E-state index contributed by atoms with van der Waals surface area (Å²) in [6.45, 7) is 5.77. The van der Waals surface area contributed by atoms with Gasteiger partial charge in [0.2, 0.25) is 0 Å². The van der Waals surface area contributed by atoms with Crippen LogP contribution in [0.2, 0.25) is 0 Å². The molecule has 6 N–H and O–H groups in total. The van der Waals surface area contributed by atoms with Crippen molar-refractivity contribution < 1.29 is 9.13 Å². The second-order valence-corrected chi connectivity index (χ2v) is 8.96. The van der Waals surface area contributed by atoms with Crippen LogP contribution in [-0.4, -0.2) is 47.1 Å². The highest BCUT2D eigenvalue weighted by molar-refractivity contribution is 14.1. The second kappa shape index (κ2) is 8.68. The van der Waals surface area contributed by atoms with Crippen LogP contribution in [0.4, 0.5) is 4.39 Å². The zero-order valence-electron chi connectivity index (χ0n) is 14.2. The van der Waals surface area contributed by atoms with Crippen LogP contribution in [0.25, 0.3) is 0 Å². The SMILES string of the molecule is CC(COC1CCCC(I)C1)NC1NC(N)NC(C(C)(C)F)N1. The number of alkyl halides is 2. The van der Waals surface area contributed by atoms with Gasteiger partial charge in [0.05, 0.1) is 18.9 Å². The molecule has 2 rings (SSSR count). The Morgan fingerprint density at radius 1 is 1.35 bits per heavy atom. The molecule has 2 fully saturated rings. The smallest absolute Gasteiger partial charge is 0.133 e. The van der Waals surface area contributed by atoms with Gasteiger partial charge in [0, 0.05) is 9.97 Å². The molecular formula is C15H31FIN5O. The molecule has 1 saturated carbocycles. The Bertz CT molecular complexity index is 370. The zero-order valence-corrected chi connectivity index (χ0v) is 16.4. The van der Waals surface area contributed by atoms with E-state index in [0.29, 0.717) is 12.7 Å². The predicted octanol–water partition coefficient (Wildman–Crippen LogP) is 1.11. The van der Waals surface area contributed by atoms with E-state index in [9.17, 15) is 4.39 Å². The number of nitrogens with two attached hydrogens (primary N) is 1. The molecule has 0 aromatic rings. The molecule has 1 saturated heterocycles. The molecule has 23 heavy (non-hydrogen) atoms. The molecule has 0 amide bonds. The number of nitrogens with one attached hydrogen (secondary N) is 4. The van der Waals surface area contributed by atoms with Gasteiger partial charge in [0.25, 0.3) is 0 Å². The lowest BCUT2D eigenvalue weighted by Gasteiger charge is -2.42. The Morgan fingerprint density at radius 2 is 2.09 bits per heavy atom. The molecule has 136 valence electrons. The Hall–Kier alpha value is 0.420. The molecule has 6 atom stereocenters. The van der Waals surface area contributed by atoms with Crippen LogP contribution >= 0.6 is 22.6 Å². The minimum Gasteiger partial charge on any atom is -0.377 e. The fraction of sp³-hybridized carbons (Fsp3) is 1.00. The van der Waals surface area contributed by atoms with Gasteiger partial charge in [0.15, 0.2) is 0 Å². The zero-order chi connectivity index (χ0) is 17.0. The molecule has 1 aliphatic heterocycles. The third kappa shape index (κ3) is 6.68. The molecule has 2 aliphatic rings. The monoisotopic (exact) mass is 443 g/mol. The Labute approximate surface area is 152 Å². The van der Waals surface area contributed by atoms with Crippen molar-refractivity contribution in [1.29, 1.82) is 0 Å². The fourth-order valence-electron chi connectivity index (χ4n) is 3.02. The van der Waals surface area contributed by atoms with E-state index in [0.717, 1.165) is 16.8 Å². The van der Waals surface area contributed by atoms with Crippen LogP contribution in [0.15, 0.2) is 0 Å². The van der Waals surface area contributed by atoms with Gasteiger partial charge in [-0.25, -0.2) is 4.39 Å². The third-order valence-corrected chi connectivity index (χ3v) is 5.44. The van der Waals surface area contributed by atoms with Crippen LogP contribution in [0.3, 0.4) is 0 Å². The lowest BCUT2D eigenvalue weighted by Crippen LogP contribution is -2.77. The van der Waals surface area contributed by atoms with Crippen LogP contribution < -0.4 is 27.0 Å². The molecule has 0 spiro atoms. The minimum atomic E-state index is -1.41. The maximum atomic E-state index is 14.1. The molecule has 8 heteroatoms. The van der Waals surface area contributed by atoms with Gasteiger partial charge in [-0.05, 0) is 46.5 Å². The topological polar surface area (TPSA) is 83.4 Å². The van der Waals surface area contributed by atoms with Crippen molar-refractivity contribution in [2.24, 2.45) is 5.73 Å². The molecule has 0 radical (unpaired) electrons. The normalized spacial score (nSPS) is 37.6. The molecule has 6 nitrogen and oxygen atoms in total. The first-order chi connectivity index (χ1) is 10.7. The van der Waals surface area contributed by atoms with E-state index in [1.54, 1.807) is 0 Å². The summed E-state index contributed by atoms with van der Waals surface area (Å²) in [5, 5.41) is 12.6. The minimum absolute atomic E-state index is 0.142. The average molecular weight is 443 g/mol. The van der Waals surface area contributed by atoms with Crippen LogP contribution in [0.1, 0.15) is 46.5 Å². The highest BCUT2D eigenvalue weighted by atomic mass is 127. The van der Waals surface area contributed by atoms with Crippen LogP contribution in [-0.2, 0) is 4.74 Å². The van der Waals surface area contributed by atoms with Crippen molar-refractivity contribution in [1.82, 2.24) is 21.3 Å². The Balaban J connectivity index is 1.74. The fourth-order valence-corrected chi connectivity index (χ4v) is 4.02.